The quantitative estimate of drug-likeness (QED) is 0.664. The Balaban J connectivity index is 1.76. The summed E-state index contributed by atoms with van der Waals surface area (Å²) >= 11 is 3.38. The monoisotopic (exact) mass is 393 g/mol. The van der Waals surface area contributed by atoms with Gasteiger partial charge < -0.3 is 19.5 Å². The third-order valence-corrected chi connectivity index (χ3v) is 3.60. The minimum absolute atomic E-state index is 0.162. The molecule has 24 heavy (non-hydrogen) atoms. The van der Waals surface area contributed by atoms with Gasteiger partial charge in [0.25, 0.3) is 5.91 Å². The SMILES string of the molecule is COCCOc1cccc(C(=O)NCCOc2cccc(Br)c2)c1. The van der Waals surface area contributed by atoms with E-state index in [9.17, 15) is 4.79 Å². The van der Waals surface area contributed by atoms with E-state index >= 15 is 0 Å². The van der Waals surface area contributed by atoms with Gasteiger partial charge in [0.1, 0.15) is 24.7 Å². The maximum atomic E-state index is 12.1. The minimum atomic E-state index is -0.162. The molecule has 5 nitrogen and oxygen atoms in total. The zero-order valence-electron chi connectivity index (χ0n) is 13.5. The Bertz CT molecular complexity index is 663. The predicted molar refractivity (Wildman–Crippen MR) is 95.8 cm³/mol. The second kappa shape index (κ2) is 9.95. The van der Waals surface area contributed by atoms with E-state index in [4.69, 9.17) is 14.2 Å². The molecule has 1 N–H and O–H groups in total. The molecule has 0 saturated heterocycles. The number of methoxy groups -OCH3 is 1. The van der Waals surface area contributed by atoms with Crippen molar-refractivity contribution in [2.45, 2.75) is 0 Å². The van der Waals surface area contributed by atoms with Crippen molar-refractivity contribution < 1.29 is 19.0 Å². The lowest BCUT2D eigenvalue weighted by Crippen LogP contribution is -2.28. The molecule has 0 spiro atoms. The maximum Gasteiger partial charge on any atom is 0.251 e. The van der Waals surface area contributed by atoms with Crippen LogP contribution in [-0.2, 0) is 4.74 Å². The number of nitrogens with one attached hydrogen (secondary N) is 1. The van der Waals surface area contributed by atoms with E-state index in [1.807, 2.05) is 30.3 Å². The maximum absolute atomic E-state index is 12.1. The van der Waals surface area contributed by atoms with Crippen molar-refractivity contribution in [1.29, 1.82) is 0 Å². The van der Waals surface area contributed by atoms with Crippen LogP contribution in [0.2, 0.25) is 0 Å². The zero-order valence-corrected chi connectivity index (χ0v) is 15.0. The second-order valence-corrected chi connectivity index (χ2v) is 5.85. The summed E-state index contributed by atoms with van der Waals surface area (Å²) in [5.74, 6) is 1.24. The molecule has 2 rings (SSSR count). The van der Waals surface area contributed by atoms with E-state index in [1.54, 1.807) is 25.3 Å². The molecule has 2 aromatic carbocycles. The lowest BCUT2D eigenvalue weighted by Gasteiger charge is -2.09. The van der Waals surface area contributed by atoms with Crippen LogP contribution in [0.15, 0.2) is 53.0 Å². The summed E-state index contributed by atoms with van der Waals surface area (Å²) in [6.07, 6.45) is 0. The van der Waals surface area contributed by atoms with Gasteiger partial charge in [0.05, 0.1) is 13.2 Å². The molecule has 0 bridgehead atoms. The number of ether oxygens (including phenoxy) is 3. The summed E-state index contributed by atoms with van der Waals surface area (Å²) in [6.45, 7) is 1.76. The molecule has 0 atom stereocenters. The Morgan fingerprint density at radius 2 is 1.71 bits per heavy atom. The summed E-state index contributed by atoms with van der Waals surface area (Å²) in [7, 11) is 1.61. The molecular formula is C18H20BrNO4. The van der Waals surface area contributed by atoms with Gasteiger partial charge in [0.2, 0.25) is 0 Å². The number of hydrogen-bond acceptors (Lipinski definition) is 4. The highest BCUT2D eigenvalue weighted by Crippen LogP contribution is 2.17. The highest BCUT2D eigenvalue weighted by atomic mass is 79.9. The number of benzene rings is 2. The molecule has 1 amide bonds. The Morgan fingerprint density at radius 3 is 2.46 bits per heavy atom. The van der Waals surface area contributed by atoms with Gasteiger partial charge in [-0.3, -0.25) is 4.79 Å². The van der Waals surface area contributed by atoms with Crippen molar-refractivity contribution in [3.63, 3.8) is 0 Å². The van der Waals surface area contributed by atoms with Crippen molar-refractivity contribution in [3.8, 4) is 11.5 Å². The normalized spacial score (nSPS) is 10.2. The van der Waals surface area contributed by atoms with E-state index in [0.717, 1.165) is 10.2 Å². The zero-order chi connectivity index (χ0) is 17.2. The summed E-state index contributed by atoms with van der Waals surface area (Å²) in [4.78, 5) is 12.1. The highest BCUT2D eigenvalue weighted by molar-refractivity contribution is 9.10. The fourth-order valence-corrected chi connectivity index (χ4v) is 2.34. The molecule has 0 aliphatic heterocycles. The first-order chi connectivity index (χ1) is 11.7. The molecule has 0 saturated carbocycles. The first kappa shape index (κ1) is 18.3. The number of rotatable bonds is 9. The molecule has 2 aromatic rings. The van der Waals surface area contributed by atoms with Crippen molar-refractivity contribution >= 4 is 21.8 Å². The Hall–Kier alpha value is -2.05. The van der Waals surface area contributed by atoms with E-state index in [-0.39, 0.29) is 5.91 Å². The third-order valence-electron chi connectivity index (χ3n) is 3.10. The molecule has 6 heteroatoms. The second-order valence-electron chi connectivity index (χ2n) is 4.93. The van der Waals surface area contributed by atoms with Gasteiger partial charge in [0.15, 0.2) is 0 Å². The van der Waals surface area contributed by atoms with Gasteiger partial charge in [-0.15, -0.1) is 0 Å². The molecule has 0 unspecified atom stereocenters. The van der Waals surface area contributed by atoms with Crippen molar-refractivity contribution in [3.05, 3.63) is 58.6 Å². The largest absolute Gasteiger partial charge is 0.492 e. The molecule has 0 fully saturated rings. The van der Waals surface area contributed by atoms with Gasteiger partial charge in [-0.05, 0) is 36.4 Å². The fraction of sp³-hybridized carbons (Fsp3) is 0.278. The van der Waals surface area contributed by atoms with E-state index in [0.29, 0.717) is 37.7 Å². The van der Waals surface area contributed by atoms with Crippen LogP contribution < -0.4 is 14.8 Å². The average Bonchev–Trinajstić information content (AvgIpc) is 2.59. The van der Waals surface area contributed by atoms with Gasteiger partial charge in [0, 0.05) is 17.1 Å². The topological polar surface area (TPSA) is 56.8 Å². The van der Waals surface area contributed by atoms with Crippen LogP contribution in [0.25, 0.3) is 0 Å². The summed E-state index contributed by atoms with van der Waals surface area (Å²) < 4.78 is 17.0. The predicted octanol–water partition coefficient (Wildman–Crippen LogP) is 3.28. The first-order valence-electron chi connectivity index (χ1n) is 7.57. The molecule has 0 aromatic heterocycles. The number of carbonyl (C=O) groups excluding carboxylic acids is 1. The molecular weight excluding hydrogens is 374 g/mol. The first-order valence-corrected chi connectivity index (χ1v) is 8.36. The Labute approximate surface area is 150 Å². The lowest BCUT2D eigenvalue weighted by atomic mass is 10.2. The molecule has 0 aliphatic rings. The molecule has 0 radical (unpaired) electrons. The fourth-order valence-electron chi connectivity index (χ4n) is 1.96. The minimum Gasteiger partial charge on any atom is -0.492 e. The van der Waals surface area contributed by atoms with Crippen LogP contribution >= 0.6 is 15.9 Å². The number of hydrogen-bond donors (Lipinski definition) is 1. The highest BCUT2D eigenvalue weighted by Gasteiger charge is 2.06. The van der Waals surface area contributed by atoms with Crippen LogP contribution in [0.1, 0.15) is 10.4 Å². The Morgan fingerprint density at radius 1 is 1.00 bits per heavy atom. The van der Waals surface area contributed by atoms with Crippen LogP contribution in [0.4, 0.5) is 0 Å². The van der Waals surface area contributed by atoms with Crippen LogP contribution in [0.3, 0.4) is 0 Å². The molecule has 128 valence electrons. The number of amides is 1. The van der Waals surface area contributed by atoms with Crippen molar-refractivity contribution in [2.75, 3.05) is 33.5 Å². The number of carbonyl (C=O) groups is 1. The van der Waals surface area contributed by atoms with E-state index in [1.165, 1.54) is 0 Å². The third kappa shape index (κ3) is 6.22. The van der Waals surface area contributed by atoms with Crippen LogP contribution in [0, 0.1) is 0 Å². The van der Waals surface area contributed by atoms with Crippen molar-refractivity contribution in [2.24, 2.45) is 0 Å². The number of halogens is 1. The summed E-state index contributed by atoms with van der Waals surface area (Å²) in [5, 5.41) is 2.82. The van der Waals surface area contributed by atoms with Gasteiger partial charge >= 0.3 is 0 Å². The van der Waals surface area contributed by atoms with Crippen LogP contribution in [0.5, 0.6) is 11.5 Å². The lowest BCUT2D eigenvalue weighted by molar-refractivity contribution is 0.0946. The smallest absolute Gasteiger partial charge is 0.251 e. The van der Waals surface area contributed by atoms with Gasteiger partial charge in [-0.1, -0.05) is 28.1 Å². The van der Waals surface area contributed by atoms with Crippen molar-refractivity contribution in [1.82, 2.24) is 5.32 Å². The molecule has 0 aliphatic carbocycles. The van der Waals surface area contributed by atoms with Gasteiger partial charge in [-0.2, -0.15) is 0 Å². The molecule has 0 heterocycles. The summed E-state index contributed by atoms with van der Waals surface area (Å²) in [5.41, 5.74) is 0.548. The average molecular weight is 394 g/mol. The Kier molecular flexibility index (Phi) is 7.58. The standard InChI is InChI=1S/C18H20BrNO4/c1-22-10-11-24-16-6-2-4-14(12-16)18(21)20-8-9-23-17-7-3-5-15(19)13-17/h2-7,12-13H,8-11H2,1H3,(H,20,21). The van der Waals surface area contributed by atoms with Crippen LogP contribution in [-0.4, -0.2) is 39.4 Å². The summed E-state index contributed by atoms with van der Waals surface area (Å²) in [6, 6.07) is 14.6. The van der Waals surface area contributed by atoms with Gasteiger partial charge in [-0.25, -0.2) is 0 Å². The van der Waals surface area contributed by atoms with E-state index < -0.39 is 0 Å². The van der Waals surface area contributed by atoms with E-state index in [2.05, 4.69) is 21.2 Å².